The van der Waals surface area contributed by atoms with Gasteiger partial charge in [0.2, 0.25) is 0 Å². The van der Waals surface area contributed by atoms with E-state index < -0.39 is 26.5 Å². The van der Waals surface area contributed by atoms with Crippen molar-refractivity contribution in [1.29, 1.82) is 0 Å². The lowest BCUT2D eigenvalue weighted by atomic mass is 10.1. The van der Waals surface area contributed by atoms with Gasteiger partial charge in [-0.2, -0.15) is 0 Å². The molecule has 0 saturated heterocycles. The van der Waals surface area contributed by atoms with E-state index in [-0.39, 0.29) is 38.6 Å². The molecule has 372 valence electrons. The van der Waals surface area contributed by atoms with Crippen LogP contribution in [0.5, 0.6) is 0 Å². The van der Waals surface area contributed by atoms with Gasteiger partial charge in [0.1, 0.15) is 6.61 Å². The van der Waals surface area contributed by atoms with Crippen LogP contribution in [0.3, 0.4) is 0 Å². The van der Waals surface area contributed by atoms with E-state index in [2.05, 4.69) is 38.2 Å². The first-order chi connectivity index (χ1) is 30.8. The predicted octanol–water partition coefficient (Wildman–Crippen LogP) is 16.3. The number of phosphoric acid groups is 1. The molecule has 0 aliphatic rings. The van der Waals surface area contributed by atoms with Crippen molar-refractivity contribution >= 4 is 19.8 Å². The van der Waals surface area contributed by atoms with E-state index in [9.17, 15) is 19.0 Å². The number of nitrogens with two attached hydrogens (primary N) is 1. The highest BCUT2D eigenvalue weighted by atomic mass is 31.2. The average molecular weight is 912 g/mol. The summed E-state index contributed by atoms with van der Waals surface area (Å²) in [5, 5.41) is 0. The predicted molar refractivity (Wildman–Crippen MR) is 266 cm³/mol. The number of hydrogen-bond donors (Lipinski definition) is 2. The molecule has 0 fully saturated rings. The van der Waals surface area contributed by atoms with Crippen LogP contribution in [0.15, 0.2) is 24.3 Å². The molecule has 10 heteroatoms. The molecule has 2 atom stereocenters. The molecule has 0 rings (SSSR count). The number of phosphoric ester groups is 1. The zero-order valence-electron chi connectivity index (χ0n) is 41.3. The second-order valence-corrected chi connectivity index (χ2v) is 19.5. The second-order valence-electron chi connectivity index (χ2n) is 18.1. The Morgan fingerprint density at radius 2 is 0.778 bits per heavy atom. The molecule has 0 aliphatic heterocycles. The van der Waals surface area contributed by atoms with Crippen LogP contribution in [0.1, 0.15) is 271 Å². The van der Waals surface area contributed by atoms with Gasteiger partial charge in [-0.25, -0.2) is 4.57 Å². The number of allylic oxidation sites excluding steroid dienone is 4. The molecule has 2 unspecified atom stereocenters. The normalized spacial score (nSPS) is 13.3. The van der Waals surface area contributed by atoms with Gasteiger partial charge in [-0.15, -0.1) is 0 Å². The Bertz CT molecular complexity index is 1090. The molecular formula is C53H102NO8P. The summed E-state index contributed by atoms with van der Waals surface area (Å²) in [4.78, 5) is 35.1. The van der Waals surface area contributed by atoms with E-state index >= 15 is 0 Å². The molecule has 0 saturated carbocycles. The minimum atomic E-state index is -4.38. The van der Waals surface area contributed by atoms with Gasteiger partial charge in [0, 0.05) is 19.4 Å². The highest BCUT2D eigenvalue weighted by Crippen LogP contribution is 2.43. The number of unbranched alkanes of at least 4 members (excludes halogenated alkanes) is 34. The molecule has 0 amide bonds. The van der Waals surface area contributed by atoms with Crippen LogP contribution in [-0.4, -0.2) is 49.3 Å². The molecule has 0 spiro atoms. The fourth-order valence-electron chi connectivity index (χ4n) is 7.80. The Hall–Kier alpha value is -1.51. The summed E-state index contributed by atoms with van der Waals surface area (Å²) in [7, 11) is -4.38. The Balaban J connectivity index is 4.01. The number of ether oxygens (including phenoxy) is 2. The lowest BCUT2D eigenvalue weighted by Crippen LogP contribution is -2.29. The third-order valence-electron chi connectivity index (χ3n) is 11.8. The fourth-order valence-corrected chi connectivity index (χ4v) is 8.57. The third-order valence-corrected chi connectivity index (χ3v) is 12.8. The van der Waals surface area contributed by atoms with Gasteiger partial charge in [0.25, 0.3) is 0 Å². The summed E-state index contributed by atoms with van der Waals surface area (Å²) in [6, 6.07) is 0. The van der Waals surface area contributed by atoms with E-state index in [0.29, 0.717) is 6.42 Å². The van der Waals surface area contributed by atoms with Crippen molar-refractivity contribution in [3.05, 3.63) is 24.3 Å². The van der Waals surface area contributed by atoms with Gasteiger partial charge < -0.3 is 20.1 Å². The number of carbonyl (C=O) groups excluding carboxylic acids is 2. The first-order valence-electron chi connectivity index (χ1n) is 26.8. The summed E-state index contributed by atoms with van der Waals surface area (Å²) >= 11 is 0. The zero-order valence-corrected chi connectivity index (χ0v) is 42.2. The third kappa shape index (κ3) is 49.8. The van der Waals surface area contributed by atoms with Gasteiger partial charge in [-0.1, -0.05) is 218 Å². The summed E-state index contributed by atoms with van der Waals surface area (Å²) in [5.41, 5.74) is 5.37. The molecular weight excluding hydrogens is 810 g/mol. The minimum absolute atomic E-state index is 0.0544. The minimum Gasteiger partial charge on any atom is -0.462 e. The van der Waals surface area contributed by atoms with Crippen LogP contribution < -0.4 is 5.73 Å². The van der Waals surface area contributed by atoms with E-state index in [0.717, 1.165) is 38.5 Å². The average Bonchev–Trinajstić information content (AvgIpc) is 3.27. The van der Waals surface area contributed by atoms with Crippen molar-refractivity contribution in [2.75, 3.05) is 26.4 Å². The molecule has 9 nitrogen and oxygen atoms in total. The molecule has 0 aromatic heterocycles. The first-order valence-corrected chi connectivity index (χ1v) is 28.3. The van der Waals surface area contributed by atoms with Crippen LogP contribution in [0.2, 0.25) is 0 Å². The van der Waals surface area contributed by atoms with Crippen molar-refractivity contribution in [3.63, 3.8) is 0 Å². The number of hydrogen-bond acceptors (Lipinski definition) is 8. The Labute approximate surface area is 389 Å². The molecule has 0 bridgehead atoms. The van der Waals surface area contributed by atoms with Crippen molar-refractivity contribution < 1.29 is 37.6 Å². The van der Waals surface area contributed by atoms with Gasteiger partial charge in [0.15, 0.2) is 6.10 Å². The van der Waals surface area contributed by atoms with Gasteiger partial charge in [0.05, 0.1) is 13.2 Å². The van der Waals surface area contributed by atoms with E-state index in [1.54, 1.807) is 0 Å². The molecule has 0 aliphatic carbocycles. The number of rotatable bonds is 51. The highest BCUT2D eigenvalue weighted by Gasteiger charge is 2.26. The molecule has 63 heavy (non-hydrogen) atoms. The van der Waals surface area contributed by atoms with Crippen LogP contribution in [0, 0.1) is 0 Å². The van der Waals surface area contributed by atoms with Crippen molar-refractivity contribution in [1.82, 2.24) is 0 Å². The Morgan fingerprint density at radius 3 is 1.13 bits per heavy atom. The highest BCUT2D eigenvalue weighted by molar-refractivity contribution is 7.47. The van der Waals surface area contributed by atoms with Crippen molar-refractivity contribution in [2.24, 2.45) is 5.73 Å². The molecule has 0 radical (unpaired) electrons. The maximum Gasteiger partial charge on any atom is 0.472 e. The summed E-state index contributed by atoms with van der Waals surface area (Å²) in [6.07, 6.45) is 56.5. The van der Waals surface area contributed by atoms with Gasteiger partial charge in [-0.05, 0) is 64.2 Å². The van der Waals surface area contributed by atoms with E-state index in [1.807, 2.05) is 0 Å². The SMILES string of the molecule is CCCCCCCCCC/C=C\CCCCCCCCCCCC(=O)OCC(COP(=O)(O)OCCN)OC(=O)CCCCCCCCCCC/C=C\CCCCCCCCCC. The van der Waals surface area contributed by atoms with Crippen molar-refractivity contribution in [2.45, 2.75) is 277 Å². The maximum atomic E-state index is 12.7. The molecule has 0 heterocycles. The fraction of sp³-hybridized carbons (Fsp3) is 0.887. The zero-order chi connectivity index (χ0) is 46.0. The van der Waals surface area contributed by atoms with Crippen LogP contribution in [0.25, 0.3) is 0 Å². The monoisotopic (exact) mass is 912 g/mol. The number of carbonyl (C=O) groups is 2. The van der Waals surface area contributed by atoms with Crippen LogP contribution in [0.4, 0.5) is 0 Å². The topological polar surface area (TPSA) is 134 Å². The summed E-state index contributed by atoms with van der Waals surface area (Å²) in [6.45, 7) is 3.78. The summed E-state index contributed by atoms with van der Waals surface area (Å²) in [5.74, 6) is -0.820. The maximum absolute atomic E-state index is 12.7. The second kappa shape index (κ2) is 49.9. The molecule has 0 aromatic carbocycles. The summed E-state index contributed by atoms with van der Waals surface area (Å²) < 4.78 is 33.0. The van der Waals surface area contributed by atoms with E-state index in [4.69, 9.17) is 24.3 Å². The van der Waals surface area contributed by atoms with Crippen LogP contribution in [-0.2, 0) is 32.7 Å². The lowest BCUT2D eigenvalue weighted by Gasteiger charge is -2.19. The first kappa shape index (κ1) is 61.5. The quantitative estimate of drug-likeness (QED) is 0.0265. The smallest absolute Gasteiger partial charge is 0.462 e. The van der Waals surface area contributed by atoms with Gasteiger partial charge in [-0.3, -0.25) is 18.6 Å². The Kier molecular flexibility index (Phi) is 48.7. The molecule has 0 aromatic rings. The molecule has 3 N–H and O–H groups in total. The largest absolute Gasteiger partial charge is 0.472 e. The lowest BCUT2D eigenvalue weighted by molar-refractivity contribution is -0.161. The van der Waals surface area contributed by atoms with Crippen molar-refractivity contribution in [3.8, 4) is 0 Å². The standard InChI is InChI=1S/C53H102NO8P/c1-3-5-7-9-11-13-15-17-19-21-23-25-27-29-31-33-35-37-39-41-43-45-52(55)59-49-51(50-61-63(57,58)60-48-47-54)62-53(56)46-44-42-40-38-36-34-32-30-28-26-24-22-20-18-16-14-12-10-8-6-4-2/h21-24,51H,3-20,25-50,54H2,1-2H3,(H,57,58)/b23-21-,24-22-. The van der Waals surface area contributed by atoms with E-state index in [1.165, 1.54) is 199 Å². The number of esters is 2. The van der Waals surface area contributed by atoms with Crippen LogP contribution >= 0.6 is 7.82 Å². The van der Waals surface area contributed by atoms with Gasteiger partial charge >= 0.3 is 19.8 Å². The Morgan fingerprint density at radius 1 is 0.460 bits per heavy atom.